The molecule has 0 unspecified atom stereocenters. The van der Waals surface area contributed by atoms with Gasteiger partial charge in [-0.15, -0.1) is 0 Å². The summed E-state index contributed by atoms with van der Waals surface area (Å²) in [5.41, 5.74) is 11.6. The number of rotatable bonds is 5. The number of anilines is 2. The van der Waals surface area contributed by atoms with Crippen LogP contribution < -0.4 is 15.8 Å². The lowest BCUT2D eigenvalue weighted by Crippen LogP contribution is -2.11. The second-order valence-electron chi connectivity index (χ2n) is 8.21. The van der Waals surface area contributed by atoms with Crippen LogP contribution in [0.1, 0.15) is 10.4 Å². The van der Waals surface area contributed by atoms with Gasteiger partial charge in [0.05, 0.1) is 34.9 Å². The molecule has 0 bridgehead atoms. The van der Waals surface area contributed by atoms with Gasteiger partial charge in [0, 0.05) is 22.0 Å². The van der Waals surface area contributed by atoms with Crippen molar-refractivity contribution in [3.63, 3.8) is 0 Å². The van der Waals surface area contributed by atoms with Gasteiger partial charge in [-0.25, -0.2) is 9.97 Å². The standard InChI is InChI=1S/C28H21N5O2/c1-35-16-13-14-23-20(15-16)25(17-7-2-4-10-21(17)30-23)31-22-11-5-3-8-18(22)28-32-24-12-6-9-19(27(29)34)26(24)33-28/h2-15H,1H3,(H2,29,34)(H,30,31)(H,32,33). The van der Waals surface area contributed by atoms with E-state index in [0.717, 1.165) is 50.0 Å². The molecule has 0 atom stereocenters. The van der Waals surface area contributed by atoms with Gasteiger partial charge in [0.15, 0.2) is 0 Å². The summed E-state index contributed by atoms with van der Waals surface area (Å²) in [6, 6.07) is 27.1. The zero-order chi connectivity index (χ0) is 23.9. The van der Waals surface area contributed by atoms with Gasteiger partial charge in [0.1, 0.15) is 17.1 Å². The van der Waals surface area contributed by atoms with E-state index in [1.165, 1.54) is 0 Å². The monoisotopic (exact) mass is 459 g/mol. The molecule has 7 heteroatoms. The van der Waals surface area contributed by atoms with Crippen LogP contribution in [0.4, 0.5) is 11.4 Å². The van der Waals surface area contributed by atoms with Crippen molar-refractivity contribution < 1.29 is 9.53 Å². The van der Waals surface area contributed by atoms with E-state index in [9.17, 15) is 4.79 Å². The van der Waals surface area contributed by atoms with Gasteiger partial charge < -0.3 is 20.8 Å². The Hall–Kier alpha value is -4.91. The van der Waals surface area contributed by atoms with Crippen molar-refractivity contribution in [2.24, 2.45) is 5.73 Å². The molecule has 0 aliphatic rings. The van der Waals surface area contributed by atoms with Crippen molar-refractivity contribution in [3.05, 3.63) is 90.5 Å². The Morgan fingerprint density at radius 1 is 0.886 bits per heavy atom. The summed E-state index contributed by atoms with van der Waals surface area (Å²) in [6.45, 7) is 0. The first-order valence-electron chi connectivity index (χ1n) is 11.1. The predicted molar refractivity (Wildman–Crippen MR) is 139 cm³/mol. The van der Waals surface area contributed by atoms with E-state index in [-0.39, 0.29) is 0 Å². The SMILES string of the molecule is COc1ccc2nc3ccccc3c(Nc3ccccc3-c3nc4c(C(N)=O)cccc4[nH]3)c2c1. The number of hydrogen-bond acceptors (Lipinski definition) is 5. The average molecular weight is 460 g/mol. The van der Waals surface area contributed by atoms with Gasteiger partial charge in [-0.3, -0.25) is 4.79 Å². The Bertz CT molecular complexity index is 1760. The molecule has 4 N–H and O–H groups in total. The van der Waals surface area contributed by atoms with Crippen LogP contribution in [-0.2, 0) is 0 Å². The van der Waals surface area contributed by atoms with Crippen molar-refractivity contribution in [1.82, 2.24) is 15.0 Å². The van der Waals surface area contributed by atoms with Crippen molar-refractivity contribution in [2.45, 2.75) is 0 Å². The number of nitrogens with zero attached hydrogens (tertiary/aromatic N) is 2. The number of fused-ring (bicyclic) bond motifs is 3. The second-order valence-corrected chi connectivity index (χ2v) is 8.21. The Kier molecular flexibility index (Phi) is 4.81. The number of carbonyl (C=O) groups excluding carboxylic acids is 1. The van der Waals surface area contributed by atoms with Crippen molar-refractivity contribution >= 4 is 50.1 Å². The van der Waals surface area contributed by atoms with Gasteiger partial charge >= 0.3 is 0 Å². The molecule has 2 heterocycles. The van der Waals surface area contributed by atoms with Crippen molar-refractivity contribution in [1.29, 1.82) is 0 Å². The van der Waals surface area contributed by atoms with Gasteiger partial charge in [-0.1, -0.05) is 36.4 Å². The number of methoxy groups -OCH3 is 1. The van der Waals surface area contributed by atoms with Crippen LogP contribution in [0, 0.1) is 0 Å². The first kappa shape index (κ1) is 20.7. The quantitative estimate of drug-likeness (QED) is 0.283. The highest BCUT2D eigenvalue weighted by Gasteiger charge is 2.16. The third kappa shape index (κ3) is 3.50. The van der Waals surface area contributed by atoms with Crippen LogP contribution in [0.2, 0.25) is 0 Å². The third-order valence-electron chi connectivity index (χ3n) is 6.11. The lowest BCUT2D eigenvalue weighted by atomic mass is 10.1. The molecule has 7 nitrogen and oxygen atoms in total. The number of benzene rings is 4. The molecule has 0 radical (unpaired) electrons. The largest absolute Gasteiger partial charge is 0.497 e. The number of nitrogens with one attached hydrogen (secondary N) is 2. The van der Waals surface area contributed by atoms with Crippen LogP contribution in [-0.4, -0.2) is 28.0 Å². The number of imidazole rings is 1. The summed E-state index contributed by atoms with van der Waals surface area (Å²) in [4.78, 5) is 24.8. The van der Waals surface area contributed by atoms with Crippen LogP contribution in [0.5, 0.6) is 5.75 Å². The van der Waals surface area contributed by atoms with Gasteiger partial charge in [0.25, 0.3) is 5.91 Å². The number of ether oxygens (including phenoxy) is 1. The minimum Gasteiger partial charge on any atom is -0.497 e. The van der Waals surface area contributed by atoms with Crippen molar-refractivity contribution in [3.8, 4) is 17.1 Å². The topological polar surface area (TPSA) is 106 Å². The molecule has 2 aromatic heterocycles. The summed E-state index contributed by atoms with van der Waals surface area (Å²) >= 11 is 0. The van der Waals surface area contributed by atoms with Gasteiger partial charge in [-0.05, 0) is 48.5 Å². The fraction of sp³-hybridized carbons (Fsp3) is 0.0357. The number of para-hydroxylation sites is 3. The maximum Gasteiger partial charge on any atom is 0.250 e. The summed E-state index contributed by atoms with van der Waals surface area (Å²) in [6.07, 6.45) is 0. The molecule has 0 fully saturated rings. The minimum atomic E-state index is -0.510. The number of hydrogen-bond donors (Lipinski definition) is 3. The van der Waals surface area contributed by atoms with Crippen LogP contribution in [0.3, 0.4) is 0 Å². The van der Waals surface area contributed by atoms with E-state index < -0.39 is 5.91 Å². The number of nitrogens with two attached hydrogens (primary N) is 1. The molecule has 6 aromatic rings. The summed E-state index contributed by atoms with van der Waals surface area (Å²) in [7, 11) is 1.65. The molecular formula is C28H21N5O2. The fourth-order valence-corrected chi connectivity index (χ4v) is 4.42. The lowest BCUT2D eigenvalue weighted by molar-refractivity contribution is 0.100. The Balaban J connectivity index is 1.55. The molecule has 0 aliphatic heterocycles. The van der Waals surface area contributed by atoms with E-state index in [1.807, 2.05) is 72.8 Å². The fourth-order valence-electron chi connectivity index (χ4n) is 4.42. The molecule has 1 amide bonds. The van der Waals surface area contributed by atoms with Crippen molar-refractivity contribution in [2.75, 3.05) is 12.4 Å². The number of amides is 1. The number of H-pyrrole nitrogens is 1. The average Bonchev–Trinajstić information content (AvgIpc) is 3.33. The molecule has 6 rings (SSSR count). The molecule has 0 spiro atoms. The van der Waals surface area contributed by atoms with E-state index >= 15 is 0 Å². The summed E-state index contributed by atoms with van der Waals surface area (Å²) < 4.78 is 5.49. The predicted octanol–water partition coefficient (Wildman–Crippen LogP) is 5.78. The Labute approximate surface area is 200 Å². The molecule has 0 aliphatic carbocycles. The molecular weight excluding hydrogens is 438 g/mol. The molecule has 0 saturated carbocycles. The number of carbonyl (C=O) groups is 1. The van der Waals surface area contributed by atoms with E-state index in [1.54, 1.807) is 19.2 Å². The van der Waals surface area contributed by atoms with Crippen LogP contribution >= 0.6 is 0 Å². The Morgan fingerprint density at radius 3 is 2.54 bits per heavy atom. The highest BCUT2D eigenvalue weighted by Crippen LogP contribution is 2.37. The molecule has 35 heavy (non-hydrogen) atoms. The highest BCUT2D eigenvalue weighted by atomic mass is 16.5. The smallest absolute Gasteiger partial charge is 0.250 e. The van der Waals surface area contributed by atoms with Crippen LogP contribution in [0.25, 0.3) is 44.2 Å². The van der Waals surface area contributed by atoms with Gasteiger partial charge in [0.2, 0.25) is 0 Å². The second kappa shape index (κ2) is 8.14. The molecule has 170 valence electrons. The highest BCUT2D eigenvalue weighted by molar-refractivity contribution is 6.10. The third-order valence-corrected chi connectivity index (χ3v) is 6.11. The first-order valence-corrected chi connectivity index (χ1v) is 11.1. The van der Waals surface area contributed by atoms with E-state index in [4.69, 9.17) is 20.4 Å². The first-order chi connectivity index (χ1) is 17.1. The number of aromatic nitrogens is 3. The van der Waals surface area contributed by atoms with Gasteiger partial charge in [-0.2, -0.15) is 0 Å². The zero-order valence-electron chi connectivity index (χ0n) is 18.9. The number of primary amides is 1. The van der Waals surface area contributed by atoms with Crippen LogP contribution in [0.15, 0.2) is 84.9 Å². The summed E-state index contributed by atoms with van der Waals surface area (Å²) in [5, 5.41) is 5.58. The molecule has 4 aromatic carbocycles. The number of pyridine rings is 1. The number of aromatic amines is 1. The zero-order valence-corrected chi connectivity index (χ0v) is 18.9. The van der Waals surface area contributed by atoms with E-state index in [0.29, 0.717) is 16.9 Å². The normalized spacial score (nSPS) is 11.2. The van der Waals surface area contributed by atoms with E-state index in [2.05, 4.69) is 10.3 Å². The molecule has 0 saturated heterocycles. The Morgan fingerprint density at radius 2 is 1.69 bits per heavy atom. The maximum atomic E-state index is 11.9. The maximum absolute atomic E-state index is 11.9. The minimum absolute atomic E-state index is 0.383. The lowest BCUT2D eigenvalue weighted by Gasteiger charge is -2.16. The summed E-state index contributed by atoms with van der Waals surface area (Å²) in [5.74, 6) is 0.878.